The molecule has 2 N–H and O–H groups in total. The van der Waals surface area contributed by atoms with Gasteiger partial charge < -0.3 is 15.3 Å². The van der Waals surface area contributed by atoms with Crippen LogP contribution in [0.3, 0.4) is 0 Å². The molecule has 1 fully saturated rings. The maximum Gasteiger partial charge on any atom is 0.272 e. The first-order valence-corrected chi connectivity index (χ1v) is 6.96. The smallest absolute Gasteiger partial charge is 0.272 e. The van der Waals surface area contributed by atoms with Crippen LogP contribution in [0.4, 0.5) is 11.4 Å². The number of nitrogens with zero attached hydrogens (tertiary/aromatic N) is 2. The van der Waals surface area contributed by atoms with Crippen molar-refractivity contribution >= 4 is 11.4 Å². The summed E-state index contributed by atoms with van der Waals surface area (Å²) in [4.78, 5) is 12.6. The summed E-state index contributed by atoms with van der Waals surface area (Å²) in [6.07, 6.45) is 2.31. The van der Waals surface area contributed by atoms with Crippen molar-refractivity contribution in [2.45, 2.75) is 25.8 Å². The van der Waals surface area contributed by atoms with Crippen molar-refractivity contribution in [3.8, 4) is 0 Å². The van der Waals surface area contributed by atoms with Gasteiger partial charge in [0.1, 0.15) is 0 Å². The molecule has 1 atom stereocenters. The first kappa shape index (κ1) is 14.7. The zero-order valence-electron chi connectivity index (χ0n) is 11.7. The fourth-order valence-corrected chi connectivity index (χ4v) is 2.67. The number of anilines is 1. The number of benzene rings is 1. The standard InChI is InChI=1S/C14H21N3O3/c1-11-9-13(4-5-14(11)17(19)20)16(7-8-18)10-12-3-2-6-15-12/h4-5,9,12,15,18H,2-3,6-8,10H2,1H3. The Balaban J connectivity index is 2.15. The second-order valence-corrected chi connectivity index (χ2v) is 5.19. The van der Waals surface area contributed by atoms with Gasteiger partial charge >= 0.3 is 0 Å². The largest absolute Gasteiger partial charge is 0.395 e. The van der Waals surface area contributed by atoms with Gasteiger partial charge in [-0.05, 0) is 38.4 Å². The van der Waals surface area contributed by atoms with Crippen molar-refractivity contribution in [2.75, 3.05) is 31.1 Å². The molecular formula is C14H21N3O3. The van der Waals surface area contributed by atoms with Crippen LogP contribution < -0.4 is 10.2 Å². The molecule has 0 radical (unpaired) electrons. The second-order valence-electron chi connectivity index (χ2n) is 5.19. The van der Waals surface area contributed by atoms with Crippen LogP contribution in [0.2, 0.25) is 0 Å². The van der Waals surface area contributed by atoms with Crippen molar-refractivity contribution in [3.63, 3.8) is 0 Å². The number of rotatable bonds is 6. The van der Waals surface area contributed by atoms with E-state index < -0.39 is 0 Å². The van der Waals surface area contributed by atoms with Crippen LogP contribution >= 0.6 is 0 Å². The molecule has 0 bridgehead atoms. The van der Waals surface area contributed by atoms with E-state index in [1.54, 1.807) is 13.0 Å². The Hall–Kier alpha value is -1.66. The molecule has 1 heterocycles. The van der Waals surface area contributed by atoms with E-state index >= 15 is 0 Å². The number of nitrogens with one attached hydrogen (secondary N) is 1. The highest BCUT2D eigenvalue weighted by molar-refractivity contribution is 5.55. The average Bonchev–Trinajstić information content (AvgIpc) is 2.90. The third-order valence-corrected chi connectivity index (χ3v) is 3.72. The maximum atomic E-state index is 10.8. The number of hydrogen-bond donors (Lipinski definition) is 2. The van der Waals surface area contributed by atoms with Gasteiger partial charge in [0.25, 0.3) is 5.69 Å². The summed E-state index contributed by atoms with van der Waals surface area (Å²) in [5, 5.41) is 23.5. The van der Waals surface area contributed by atoms with Gasteiger partial charge in [-0.3, -0.25) is 10.1 Å². The molecule has 20 heavy (non-hydrogen) atoms. The van der Waals surface area contributed by atoms with Crippen LogP contribution in [0.5, 0.6) is 0 Å². The quantitative estimate of drug-likeness (QED) is 0.609. The van der Waals surface area contributed by atoms with Crippen molar-refractivity contribution < 1.29 is 10.0 Å². The van der Waals surface area contributed by atoms with Gasteiger partial charge in [-0.25, -0.2) is 0 Å². The number of aliphatic hydroxyl groups excluding tert-OH is 1. The lowest BCUT2D eigenvalue weighted by Crippen LogP contribution is -2.39. The van der Waals surface area contributed by atoms with E-state index in [0.717, 1.165) is 25.2 Å². The lowest BCUT2D eigenvalue weighted by molar-refractivity contribution is -0.385. The van der Waals surface area contributed by atoms with Gasteiger partial charge in [-0.15, -0.1) is 0 Å². The molecular weight excluding hydrogens is 258 g/mol. The summed E-state index contributed by atoms with van der Waals surface area (Å²) in [5.74, 6) is 0. The topological polar surface area (TPSA) is 78.6 Å². The van der Waals surface area contributed by atoms with E-state index in [1.165, 1.54) is 12.5 Å². The molecule has 1 saturated heterocycles. The van der Waals surface area contributed by atoms with Crippen LogP contribution in [0.25, 0.3) is 0 Å². The minimum absolute atomic E-state index is 0.0722. The van der Waals surface area contributed by atoms with E-state index in [1.807, 2.05) is 6.07 Å². The lowest BCUT2D eigenvalue weighted by atomic mass is 10.1. The second kappa shape index (κ2) is 6.67. The highest BCUT2D eigenvalue weighted by Crippen LogP contribution is 2.24. The normalized spacial score (nSPS) is 18.2. The maximum absolute atomic E-state index is 10.8. The molecule has 0 aliphatic carbocycles. The summed E-state index contributed by atoms with van der Waals surface area (Å²) in [7, 11) is 0. The summed E-state index contributed by atoms with van der Waals surface area (Å²) < 4.78 is 0. The predicted octanol–water partition coefficient (Wildman–Crippen LogP) is 1.45. The molecule has 1 aromatic rings. The van der Waals surface area contributed by atoms with Gasteiger partial charge in [0.2, 0.25) is 0 Å². The third kappa shape index (κ3) is 3.46. The summed E-state index contributed by atoms with van der Waals surface area (Å²) in [5.41, 5.74) is 1.71. The molecule has 110 valence electrons. The Kier molecular flexibility index (Phi) is 4.92. The van der Waals surface area contributed by atoms with Crippen molar-refractivity contribution in [1.29, 1.82) is 0 Å². The van der Waals surface area contributed by atoms with Crippen LogP contribution in [-0.2, 0) is 0 Å². The van der Waals surface area contributed by atoms with Crippen LogP contribution in [-0.4, -0.2) is 42.3 Å². The van der Waals surface area contributed by atoms with Gasteiger partial charge in [0, 0.05) is 36.4 Å². The Bertz CT molecular complexity index is 473. The van der Waals surface area contributed by atoms with E-state index in [4.69, 9.17) is 0 Å². The highest BCUT2D eigenvalue weighted by Gasteiger charge is 2.19. The molecule has 2 rings (SSSR count). The minimum atomic E-state index is -0.367. The molecule has 1 aromatic carbocycles. The molecule has 0 aromatic heterocycles. The summed E-state index contributed by atoms with van der Waals surface area (Å²) in [6.45, 7) is 4.21. The fourth-order valence-electron chi connectivity index (χ4n) is 2.67. The lowest BCUT2D eigenvalue weighted by Gasteiger charge is -2.27. The molecule has 1 unspecified atom stereocenters. The number of aliphatic hydroxyl groups is 1. The molecule has 6 nitrogen and oxygen atoms in total. The summed E-state index contributed by atoms with van der Waals surface area (Å²) in [6, 6.07) is 5.55. The van der Waals surface area contributed by atoms with Crippen molar-refractivity contribution in [3.05, 3.63) is 33.9 Å². The molecule has 0 amide bonds. The molecule has 1 aliphatic heterocycles. The Morgan fingerprint density at radius 2 is 2.35 bits per heavy atom. The van der Waals surface area contributed by atoms with Gasteiger partial charge in [0.15, 0.2) is 0 Å². The van der Waals surface area contributed by atoms with Crippen LogP contribution in [0, 0.1) is 17.0 Å². The van der Waals surface area contributed by atoms with E-state index in [2.05, 4.69) is 10.2 Å². The molecule has 1 aliphatic rings. The zero-order chi connectivity index (χ0) is 14.5. The van der Waals surface area contributed by atoms with Gasteiger partial charge in [0.05, 0.1) is 11.5 Å². The molecule has 6 heteroatoms. The summed E-state index contributed by atoms with van der Waals surface area (Å²) >= 11 is 0. The first-order valence-electron chi connectivity index (χ1n) is 6.96. The fraction of sp³-hybridized carbons (Fsp3) is 0.571. The van der Waals surface area contributed by atoms with Gasteiger partial charge in [-0.1, -0.05) is 0 Å². The van der Waals surface area contributed by atoms with Gasteiger partial charge in [-0.2, -0.15) is 0 Å². The number of nitro groups is 1. The Morgan fingerprint density at radius 1 is 1.55 bits per heavy atom. The van der Waals surface area contributed by atoms with Crippen LogP contribution in [0.1, 0.15) is 18.4 Å². The van der Waals surface area contributed by atoms with Crippen molar-refractivity contribution in [1.82, 2.24) is 5.32 Å². The first-order chi connectivity index (χ1) is 9.61. The number of nitro benzene ring substituents is 1. The van der Waals surface area contributed by atoms with E-state index in [-0.39, 0.29) is 17.2 Å². The predicted molar refractivity (Wildman–Crippen MR) is 78.2 cm³/mol. The number of hydrogen-bond acceptors (Lipinski definition) is 5. The van der Waals surface area contributed by atoms with E-state index in [0.29, 0.717) is 18.2 Å². The highest BCUT2D eigenvalue weighted by atomic mass is 16.6. The molecule has 0 spiro atoms. The minimum Gasteiger partial charge on any atom is -0.395 e. The van der Waals surface area contributed by atoms with Crippen LogP contribution in [0.15, 0.2) is 18.2 Å². The SMILES string of the molecule is Cc1cc(N(CCO)CC2CCCN2)ccc1[N+](=O)[O-]. The Labute approximate surface area is 118 Å². The molecule has 0 saturated carbocycles. The Morgan fingerprint density at radius 3 is 2.90 bits per heavy atom. The van der Waals surface area contributed by atoms with Crippen molar-refractivity contribution in [2.24, 2.45) is 0 Å². The monoisotopic (exact) mass is 279 g/mol. The number of aryl methyl sites for hydroxylation is 1. The average molecular weight is 279 g/mol. The van der Waals surface area contributed by atoms with E-state index in [9.17, 15) is 15.2 Å². The zero-order valence-corrected chi connectivity index (χ0v) is 11.7. The third-order valence-electron chi connectivity index (χ3n) is 3.72.